The van der Waals surface area contributed by atoms with Gasteiger partial charge in [0.05, 0.1) is 6.04 Å². The number of hydrogen-bond acceptors (Lipinski definition) is 4. The fourth-order valence-corrected chi connectivity index (χ4v) is 6.58. The number of aliphatic imine (C=N–C) groups is 1. The van der Waals surface area contributed by atoms with E-state index in [1.807, 2.05) is 53.4 Å². The van der Waals surface area contributed by atoms with Crippen LogP contribution in [-0.2, 0) is 16.0 Å². The second-order valence-electron chi connectivity index (χ2n) is 12.0. The van der Waals surface area contributed by atoms with Crippen molar-refractivity contribution in [3.8, 4) is 0 Å². The molecule has 0 spiro atoms. The fraction of sp³-hybridized carbons (Fsp3) is 0.324. The number of nitrogens with one attached hydrogen (secondary N) is 1. The Bertz CT molecular complexity index is 1550. The van der Waals surface area contributed by atoms with Gasteiger partial charge in [0, 0.05) is 38.0 Å². The number of carbonyl (C=O) groups excluding carboxylic acids is 2. The molecule has 0 bridgehead atoms. The second-order valence-corrected chi connectivity index (χ2v) is 12.0. The van der Waals surface area contributed by atoms with Crippen molar-refractivity contribution in [2.75, 3.05) is 19.6 Å². The molecule has 8 heteroatoms. The van der Waals surface area contributed by atoms with E-state index < -0.39 is 6.04 Å². The highest BCUT2D eigenvalue weighted by molar-refractivity contribution is 5.83. The molecule has 4 aromatic rings. The van der Waals surface area contributed by atoms with Crippen molar-refractivity contribution >= 4 is 28.5 Å². The molecule has 1 aliphatic heterocycles. The molecule has 3 atom stereocenters. The van der Waals surface area contributed by atoms with Gasteiger partial charge in [-0.25, -0.2) is 0 Å². The van der Waals surface area contributed by atoms with Gasteiger partial charge in [-0.2, -0.15) is 0 Å². The maximum atomic E-state index is 14.3. The first-order valence-corrected chi connectivity index (χ1v) is 15.8. The van der Waals surface area contributed by atoms with Crippen LogP contribution in [-0.4, -0.2) is 54.4 Å². The molecule has 0 radical (unpaired) electrons. The molecular weight excluding hydrogens is 560 g/mol. The van der Waals surface area contributed by atoms with Crippen molar-refractivity contribution in [2.45, 2.75) is 50.1 Å². The topological polar surface area (TPSA) is 140 Å². The highest BCUT2D eigenvalue weighted by Gasteiger charge is 2.35. The molecule has 1 fully saturated rings. The third kappa shape index (κ3) is 8.70. The maximum absolute atomic E-state index is 14.3. The summed E-state index contributed by atoms with van der Waals surface area (Å²) >= 11 is 0. The summed E-state index contributed by atoms with van der Waals surface area (Å²) in [5, 5.41) is 6.02. The van der Waals surface area contributed by atoms with Crippen molar-refractivity contribution in [2.24, 2.45) is 28.1 Å². The van der Waals surface area contributed by atoms with Crippen molar-refractivity contribution in [1.82, 2.24) is 10.2 Å². The lowest BCUT2D eigenvalue weighted by atomic mass is 9.86. The van der Waals surface area contributed by atoms with E-state index in [4.69, 9.17) is 17.2 Å². The van der Waals surface area contributed by atoms with Gasteiger partial charge in [0.2, 0.25) is 11.8 Å². The van der Waals surface area contributed by atoms with Crippen LogP contribution in [0.3, 0.4) is 0 Å². The predicted octanol–water partition coefficient (Wildman–Crippen LogP) is 4.32. The Hall–Kier alpha value is -4.69. The summed E-state index contributed by atoms with van der Waals surface area (Å²) in [5.74, 6) is -0.292. The minimum Gasteiger partial charge on any atom is -0.370 e. The Morgan fingerprint density at radius 3 is 2.16 bits per heavy atom. The van der Waals surface area contributed by atoms with Crippen LogP contribution in [0.25, 0.3) is 10.8 Å². The van der Waals surface area contributed by atoms with E-state index in [1.54, 1.807) is 0 Å². The summed E-state index contributed by atoms with van der Waals surface area (Å²) in [6.07, 6.45) is 2.84. The summed E-state index contributed by atoms with van der Waals surface area (Å²) < 4.78 is 0. The number of hydrogen-bond donors (Lipinski definition) is 4. The number of nitrogens with zero attached hydrogens (tertiary/aromatic N) is 2. The summed E-state index contributed by atoms with van der Waals surface area (Å²) in [7, 11) is 0. The maximum Gasteiger partial charge on any atom is 0.239 e. The number of primary amides is 1. The van der Waals surface area contributed by atoms with Gasteiger partial charge in [0.1, 0.15) is 0 Å². The lowest BCUT2D eigenvalue weighted by Crippen LogP contribution is -2.49. The van der Waals surface area contributed by atoms with Crippen molar-refractivity contribution in [1.29, 1.82) is 0 Å². The Morgan fingerprint density at radius 2 is 1.51 bits per heavy atom. The largest absolute Gasteiger partial charge is 0.370 e. The molecule has 7 N–H and O–H groups in total. The van der Waals surface area contributed by atoms with Crippen molar-refractivity contribution in [3.05, 3.63) is 120 Å². The van der Waals surface area contributed by atoms with Crippen molar-refractivity contribution in [3.63, 3.8) is 0 Å². The average Bonchev–Trinajstić information content (AvgIpc) is 3.20. The minimum absolute atomic E-state index is 0.0224. The van der Waals surface area contributed by atoms with Crippen LogP contribution in [0.2, 0.25) is 0 Å². The SMILES string of the molecule is NC(=O)C[C@@H](Cc1ccc2ccccc2c1)[C@@H]1CCN(CC(c2ccccc2)c2ccccc2)C(=O)[C@H](CCCN=C(N)N)N1. The van der Waals surface area contributed by atoms with E-state index in [0.717, 1.165) is 22.1 Å². The van der Waals surface area contributed by atoms with E-state index in [2.05, 4.69) is 64.9 Å². The normalized spacial score (nSPS) is 17.6. The summed E-state index contributed by atoms with van der Waals surface area (Å²) in [6, 6.07) is 34.9. The Labute approximate surface area is 265 Å². The van der Waals surface area contributed by atoms with E-state index in [0.29, 0.717) is 45.3 Å². The Balaban J connectivity index is 1.42. The van der Waals surface area contributed by atoms with Gasteiger partial charge < -0.3 is 27.4 Å². The fourth-order valence-electron chi connectivity index (χ4n) is 6.58. The Morgan fingerprint density at radius 1 is 0.867 bits per heavy atom. The van der Waals surface area contributed by atoms with Gasteiger partial charge in [0.15, 0.2) is 5.96 Å². The van der Waals surface area contributed by atoms with E-state index in [1.165, 1.54) is 5.39 Å². The number of benzene rings is 4. The van der Waals surface area contributed by atoms with E-state index in [-0.39, 0.29) is 42.1 Å². The molecular formula is C37H44N6O2. The molecule has 1 aliphatic rings. The molecule has 5 rings (SSSR count). The minimum atomic E-state index is -0.439. The molecule has 1 heterocycles. The number of amides is 2. The highest BCUT2D eigenvalue weighted by atomic mass is 16.2. The molecule has 4 aromatic carbocycles. The van der Waals surface area contributed by atoms with Crippen LogP contribution in [0.4, 0.5) is 0 Å². The molecule has 8 nitrogen and oxygen atoms in total. The smallest absolute Gasteiger partial charge is 0.239 e. The number of rotatable bonds is 13. The molecule has 45 heavy (non-hydrogen) atoms. The number of carbonyl (C=O) groups is 2. The molecule has 1 saturated heterocycles. The molecule has 0 aromatic heterocycles. The average molecular weight is 605 g/mol. The number of guanidine groups is 1. The number of nitrogens with two attached hydrogens (primary N) is 3. The van der Waals surface area contributed by atoms with E-state index in [9.17, 15) is 9.59 Å². The summed E-state index contributed by atoms with van der Waals surface area (Å²) in [4.78, 5) is 32.8. The zero-order valence-corrected chi connectivity index (χ0v) is 25.7. The first-order valence-electron chi connectivity index (χ1n) is 15.8. The van der Waals surface area contributed by atoms with Gasteiger partial charge in [0.25, 0.3) is 0 Å². The lowest BCUT2D eigenvalue weighted by Gasteiger charge is -2.29. The second kappa shape index (κ2) is 15.3. The van der Waals surface area contributed by atoms with Crippen LogP contribution >= 0.6 is 0 Å². The predicted molar refractivity (Wildman–Crippen MR) is 181 cm³/mol. The van der Waals surface area contributed by atoms with Gasteiger partial charge in [-0.1, -0.05) is 103 Å². The quantitative estimate of drug-likeness (QED) is 0.102. The van der Waals surface area contributed by atoms with Crippen LogP contribution in [0, 0.1) is 5.92 Å². The zero-order chi connectivity index (χ0) is 31.6. The molecule has 234 valence electrons. The standard InChI is InChI=1S/C37H44N6O2/c38-35(44)24-31(23-26-17-18-27-10-7-8-15-30(27)22-26)33-19-21-43(36(45)34(42-33)16-9-20-41-37(39)40)25-32(28-11-3-1-4-12-28)29-13-5-2-6-14-29/h1-8,10-15,17-18,22,31-34,42H,9,16,19-21,23-25H2,(H2,38,44)(H4,39,40,41)/t31-,33+,34+/m1/s1. The summed E-state index contributed by atoms with van der Waals surface area (Å²) in [5.41, 5.74) is 20.4. The van der Waals surface area contributed by atoms with Crippen LogP contribution in [0.5, 0.6) is 0 Å². The van der Waals surface area contributed by atoms with Crippen LogP contribution in [0.1, 0.15) is 48.3 Å². The van der Waals surface area contributed by atoms with Crippen LogP contribution < -0.4 is 22.5 Å². The number of fused-ring (bicyclic) bond motifs is 1. The molecule has 0 unspecified atom stereocenters. The Kier molecular flexibility index (Phi) is 10.8. The van der Waals surface area contributed by atoms with Crippen LogP contribution in [0.15, 0.2) is 108 Å². The first-order chi connectivity index (χ1) is 21.9. The summed E-state index contributed by atoms with van der Waals surface area (Å²) in [6.45, 7) is 1.57. The first kappa shape index (κ1) is 31.7. The molecule has 2 amide bonds. The zero-order valence-electron chi connectivity index (χ0n) is 25.7. The third-order valence-electron chi connectivity index (χ3n) is 8.83. The lowest BCUT2D eigenvalue weighted by molar-refractivity contribution is -0.133. The van der Waals surface area contributed by atoms with Gasteiger partial charge in [-0.15, -0.1) is 0 Å². The van der Waals surface area contributed by atoms with Gasteiger partial charge in [-0.3, -0.25) is 14.6 Å². The van der Waals surface area contributed by atoms with Gasteiger partial charge in [-0.05, 0) is 59.1 Å². The van der Waals surface area contributed by atoms with E-state index >= 15 is 0 Å². The molecule has 0 aliphatic carbocycles. The third-order valence-corrected chi connectivity index (χ3v) is 8.83. The highest BCUT2D eigenvalue weighted by Crippen LogP contribution is 2.29. The monoisotopic (exact) mass is 604 g/mol. The molecule has 0 saturated carbocycles. The van der Waals surface area contributed by atoms with Crippen molar-refractivity contribution < 1.29 is 9.59 Å². The van der Waals surface area contributed by atoms with Gasteiger partial charge >= 0.3 is 0 Å².